The molecule has 1 heterocycles. The van der Waals surface area contributed by atoms with Crippen molar-refractivity contribution in [3.05, 3.63) is 56.4 Å². The summed E-state index contributed by atoms with van der Waals surface area (Å²) in [6.45, 7) is 2.16. The molecule has 0 saturated heterocycles. The Morgan fingerprint density at radius 1 is 1.00 bits per heavy atom. The zero-order valence-corrected chi connectivity index (χ0v) is 11.2. The second-order valence-corrected chi connectivity index (χ2v) is 5.75. The predicted octanol–water partition coefficient (Wildman–Crippen LogP) is 3.13. The first-order chi connectivity index (χ1) is 9.25. The van der Waals surface area contributed by atoms with Gasteiger partial charge in [-0.3, -0.25) is 4.79 Å². The lowest BCUT2D eigenvalue weighted by molar-refractivity contribution is 0.672. The van der Waals surface area contributed by atoms with E-state index in [0.29, 0.717) is 0 Å². The van der Waals surface area contributed by atoms with E-state index in [9.17, 15) is 4.79 Å². The molecule has 0 bridgehead atoms. The van der Waals surface area contributed by atoms with E-state index in [-0.39, 0.29) is 5.56 Å². The van der Waals surface area contributed by atoms with Gasteiger partial charge in [-0.25, -0.2) is 0 Å². The summed E-state index contributed by atoms with van der Waals surface area (Å²) in [4.78, 5) is 15.4. The molecule has 4 rings (SSSR count). The van der Waals surface area contributed by atoms with E-state index in [0.717, 1.165) is 36.9 Å². The molecule has 1 aromatic carbocycles. The summed E-state index contributed by atoms with van der Waals surface area (Å²) >= 11 is 0. The first-order valence-corrected chi connectivity index (χ1v) is 7.11. The van der Waals surface area contributed by atoms with E-state index in [1.807, 2.05) is 0 Å². The van der Waals surface area contributed by atoms with Gasteiger partial charge in [-0.2, -0.15) is 0 Å². The zero-order chi connectivity index (χ0) is 13.0. The topological polar surface area (TPSA) is 32.9 Å². The summed E-state index contributed by atoms with van der Waals surface area (Å²) in [5.41, 5.74) is 8.98. The Balaban J connectivity index is 2.03. The van der Waals surface area contributed by atoms with Crippen LogP contribution < -0.4 is 5.56 Å². The lowest BCUT2D eigenvalue weighted by Gasteiger charge is -2.18. The van der Waals surface area contributed by atoms with E-state index in [1.165, 1.54) is 34.2 Å². The molecule has 0 fully saturated rings. The maximum absolute atomic E-state index is 12.3. The fraction of sp³-hybridized carbons (Fsp3) is 0.353. The first kappa shape index (κ1) is 11.0. The molecule has 1 aromatic heterocycles. The molecule has 0 unspecified atom stereocenters. The number of aromatic amines is 1. The number of benzene rings is 1. The Morgan fingerprint density at radius 3 is 2.63 bits per heavy atom. The number of hydrogen-bond donors (Lipinski definition) is 1. The number of rotatable bonds is 0. The highest BCUT2D eigenvalue weighted by Gasteiger charge is 2.27. The third kappa shape index (κ3) is 1.46. The van der Waals surface area contributed by atoms with E-state index in [4.69, 9.17) is 0 Å². The summed E-state index contributed by atoms with van der Waals surface area (Å²) in [6, 6.07) is 6.38. The molecule has 2 aliphatic rings. The van der Waals surface area contributed by atoms with Gasteiger partial charge in [0, 0.05) is 17.5 Å². The quantitative estimate of drug-likeness (QED) is 0.654. The summed E-state index contributed by atoms with van der Waals surface area (Å²) < 4.78 is 0. The number of H-pyrrole nitrogens is 1. The standard InChI is InChI=1S/C17H17NO/c1-10-5-4-8-12-14(10)9-15-11-6-2-3-7-13(11)17(19)18-16(12)15/h4-5,8H,2-3,6-7,9H2,1H3,(H,18,19). The highest BCUT2D eigenvalue weighted by atomic mass is 16.1. The Kier molecular flexibility index (Phi) is 2.22. The van der Waals surface area contributed by atoms with Gasteiger partial charge in [-0.15, -0.1) is 0 Å². The number of nitrogens with one attached hydrogen (secondary N) is 1. The van der Waals surface area contributed by atoms with Gasteiger partial charge in [-0.1, -0.05) is 18.2 Å². The molecule has 1 N–H and O–H groups in total. The molecular formula is C17H17NO. The lowest BCUT2D eigenvalue weighted by atomic mass is 9.88. The van der Waals surface area contributed by atoms with Crippen molar-refractivity contribution in [3.8, 4) is 11.3 Å². The molecule has 2 heteroatoms. The van der Waals surface area contributed by atoms with Gasteiger partial charge >= 0.3 is 0 Å². The Hall–Kier alpha value is -1.83. The Bertz CT molecular complexity index is 740. The van der Waals surface area contributed by atoms with Crippen molar-refractivity contribution < 1.29 is 0 Å². The highest BCUT2D eigenvalue weighted by molar-refractivity contribution is 5.76. The van der Waals surface area contributed by atoms with Gasteiger partial charge in [0.1, 0.15) is 0 Å². The molecule has 0 amide bonds. The summed E-state index contributed by atoms with van der Waals surface area (Å²) in [5, 5.41) is 0. The van der Waals surface area contributed by atoms with Crippen LogP contribution in [-0.4, -0.2) is 4.98 Å². The van der Waals surface area contributed by atoms with Crippen LogP contribution in [0.5, 0.6) is 0 Å². The first-order valence-electron chi connectivity index (χ1n) is 7.11. The van der Waals surface area contributed by atoms with E-state index < -0.39 is 0 Å². The summed E-state index contributed by atoms with van der Waals surface area (Å²) in [6.07, 6.45) is 5.40. The second-order valence-electron chi connectivity index (χ2n) is 5.75. The van der Waals surface area contributed by atoms with Crippen LogP contribution in [-0.2, 0) is 19.3 Å². The predicted molar refractivity (Wildman–Crippen MR) is 76.7 cm³/mol. The van der Waals surface area contributed by atoms with Crippen LogP contribution >= 0.6 is 0 Å². The lowest BCUT2D eigenvalue weighted by Crippen LogP contribution is -2.21. The third-order valence-corrected chi connectivity index (χ3v) is 4.68. The molecule has 0 atom stereocenters. The van der Waals surface area contributed by atoms with Crippen molar-refractivity contribution >= 4 is 0 Å². The molecule has 0 radical (unpaired) electrons. The van der Waals surface area contributed by atoms with Crippen LogP contribution in [0.3, 0.4) is 0 Å². The molecule has 0 saturated carbocycles. The minimum absolute atomic E-state index is 0.141. The van der Waals surface area contributed by atoms with Gasteiger partial charge in [0.15, 0.2) is 0 Å². The highest BCUT2D eigenvalue weighted by Crippen LogP contribution is 2.39. The van der Waals surface area contributed by atoms with Crippen LogP contribution in [0.25, 0.3) is 11.3 Å². The van der Waals surface area contributed by atoms with Crippen LogP contribution in [0.4, 0.5) is 0 Å². The van der Waals surface area contributed by atoms with Crippen LogP contribution in [0.15, 0.2) is 23.0 Å². The van der Waals surface area contributed by atoms with Gasteiger partial charge in [0.05, 0.1) is 5.69 Å². The van der Waals surface area contributed by atoms with E-state index in [1.54, 1.807) is 0 Å². The number of aryl methyl sites for hydroxylation is 1. The van der Waals surface area contributed by atoms with Crippen molar-refractivity contribution in [1.29, 1.82) is 0 Å². The summed E-state index contributed by atoms with van der Waals surface area (Å²) in [7, 11) is 0. The molecule has 19 heavy (non-hydrogen) atoms. The Labute approximate surface area is 112 Å². The smallest absolute Gasteiger partial charge is 0.251 e. The van der Waals surface area contributed by atoms with Gasteiger partial charge in [0.2, 0.25) is 0 Å². The molecule has 0 spiro atoms. The average molecular weight is 251 g/mol. The minimum Gasteiger partial charge on any atom is -0.321 e. The van der Waals surface area contributed by atoms with Gasteiger partial charge in [0.25, 0.3) is 5.56 Å². The van der Waals surface area contributed by atoms with Gasteiger partial charge < -0.3 is 4.98 Å². The normalized spacial score (nSPS) is 15.8. The van der Waals surface area contributed by atoms with Crippen molar-refractivity contribution in [2.75, 3.05) is 0 Å². The molecule has 2 nitrogen and oxygen atoms in total. The molecule has 0 aliphatic heterocycles. The SMILES string of the molecule is Cc1cccc2c1Cc1c-2[nH]c(=O)c2c1CCCC2. The van der Waals surface area contributed by atoms with Crippen LogP contribution in [0.1, 0.15) is 40.7 Å². The van der Waals surface area contributed by atoms with Crippen LogP contribution in [0, 0.1) is 6.92 Å². The fourth-order valence-corrected chi connectivity index (χ4v) is 3.68. The number of fused-ring (bicyclic) bond motifs is 5. The summed E-state index contributed by atoms with van der Waals surface area (Å²) in [5.74, 6) is 0. The largest absolute Gasteiger partial charge is 0.321 e. The van der Waals surface area contributed by atoms with E-state index in [2.05, 4.69) is 30.1 Å². The monoisotopic (exact) mass is 251 g/mol. The number of aromatic nitrogens is 1. The molecule has 96 valence electrons. The maximum Gasteiger partial charge on any atom is 0.251 e. The maximum atomic E-state index is 12.3. The van der Waals surface area contributed by atoms with Gasteiger partial charge in [-0.05, 0) is 54.9 Å². The van der Waals surface area contributed by atoms with Crippen molar-refractivity contribution in [2.24, 2.45) is 0 Å². The second kappa shape index (κ2) is 3.83. The zero-order valence-electron chi connectivity index (χ0n) is 11.2. The van der Waals surface area contributed by atoms with Crippen molar-refractivity contribution in [2.45, 2.75) is 39.0 Å². The van der Waals surface area contributed by atoms with Crippen LogP contribution in [0.2, 0.25) is 0 Å². The van der Waals surface area contributed by atoms with Crippen molar-refractivity contribution in [3.63, 3.8) is 0 Å². The molecule has 2 aliphatic carbocycles. The minimum atomic E-state index is 0.141. The fourth-order valence-electron chi connectivity index (χ4n) is 3.68. The molecule has 2 aromatic rings. The average Bonchev–Trinajstić information content (AvgIpc) is 2.80. The number of pyridine rings is 1. The molecular weight excluding hydrogens is 234 g/mol. The number of hydrogen-bond acceptors (Lipinski definition) is 1. The Morgan fingerprint density at radius 2 is 1.79 bits per heavy atom. The van der Waals surface area contributed by atoms with Crippen molar-refractivity contribution in [1.82, 2.24) is 4.98 Å². The third-order valence-electron chi connectivity index (χ3n) is 4.68. The van der Waals surface area contributed by atoms with E-state index >= 15 is 0 Å².